The smallest absolute Gasteiger partial charge is 0.0794 e. The van der Waals surface area contributed by atoms with Crippen LogP contribution in [0.5, 0.6) is 0 Å². The first-order valence-electron chi connectivity index (χ1n) is 5.08. The summed E-state index contributed by atoms with van der Waals surface area (Å²) in [6, 6.07) is 0. The highest BCUT2D eigenvalue weighted by atomic mass is 32.1. The number of thiazole rings is 1. The second kappa shape index (κ2) is 4.38. The lowest BCUT2D eigenvalue weighted by Gasteiger charge is -2.27. The van der Waals surface area contributed by atoms with Gasteiger partial charge in [-0.15, -0.1) is 11.3 Å². The SMILES string of the molecule is OCC1(NCc2cncs2)CCCC1. The first-order chi connectivity index (χ1) is 6.85. The molecule has 1 aliphatic rings. The van der Waals surface area contributed by atoms with Crippen LogP contribution in [0.3, 0.4) is 0 Å². The third kappa shape index (κ3) is 2.13. The molecule has 14 heavy (non-hydrogen) atoms. The van der Waals surface area contributed by atoms with E-state index in [1.54, 1.807) is 11.3 Å². The Morgan fingerprint density at radius 1 is 1.50 bits per heavy atom. The molecular formula is C10H16N2OS. The third-order valence-electron chi connectivity index (χ3n) is 2.98. The normalized spacial score (nSPS) is 20.1. The number of hydrogen-bond donors (Lipinski definition) is 2. The Balaban J connectivity index is 1.89. The molecule has 2 rings (SSSR count). The van der Waals surface area contributed by atoms with Crippen molar-refractivity contribution in [1.82, 2.24) is 10.3 Å². The summed E-state index contributed by atoms with van der Waals surface area (Å²) in [7, 11) is 0. The van der Waals surface area contributed by atoms with Gasteiger partial charge in [-0.1, -0.05) is 12.8 Å². The lowest BCUT2D eigenvalue weighted by atomic mass is 9.99. The summed E-state index contributed by atoms with van der Waals surface area (Å²) in [6.45, 7) is 1.09. The van der Waals surface area contributed by atoms with Crippen molar-refractivity contribution in [3.05, 3.63) is 16.6 Å². The molecule has 0 aromatic carbocycles. The van der Waals surface area contributed by atoms with Crippen LogP contribution < -0.4 is 5.32 Å². The Kier molecular flexibility index (Phi) is 3.15. The molecule has 4 heteroatoms. The minimum atomic E-state index is -0.00993. The van der Waals surface area contributed by atoms with E-state index in [0.29, 0.717) is 0 Å². The van der Waals surface area contributed by atoms with Gasteiger partial charge in [0.2, 0.25) is 0 Å². The van der Waals surface area contributed by atoms with Gasteiger partial charge in [0.25, 0.3) is 0 Å². The van der Waals surface area contributed by atoms with Crippen LogP contribution in [-0.2, 0) is 6.54 Å². The van der Waals surface area contributed by atoms with E-state index in [4.69, 9.17) is 0 Å². The summed E-state index contributed by atoms with van der Waals surface area (Å²) in [5, 5.41) is 12.8. The second-order valence-electron chi connectivity index (χ2n) is 3.97. The standard InChI is InChI=1S/C10H16N2OS/c13-7-10(3-1-2-4-10)12-6-9-5-11-8-14-9/h5,8,12-13H,1-4,6-7H2. The Hall–Kier alpha value is -0.450. The Bertz CT molecular complexity index is 268. The zero-order valence-corrected chi connectivity index (χ0v) is 9.02. The van der Waals surface area contributed by atoms with Gasteiger partial charge in [0.05, 0.1) is 12.1 Å². The molecule has 2 N–H and O–H groups in total. The molecule has 78 valence electrons. The van der Waals surface area contributed by atoms with Gasteiger partial charge in [0.15, 0.2) is 0 Å². The van der Waals surface area contributed by atoms with Gasteiger partial charge in [0.1, 0.15) is 0 Å². The quantitative estimate of drug-likeness (QED) is 0.795. The van der Waals surface area contributed by atoms with E-state index in [2.05, 4.69) is 10.3 Å². The van der Waals surface area contributed by atoms with Gasteiger partial charge in [0, 0.05) is 23.2 Å². The Labute approximate surface area is 88.2 Å². The molecule has 0 bridgehead atoms. The fraction of sp³-hybridized carbons (Fsp3) is 0.700. The second-order valence-corrected chi connectivity index (χ2v) is 4.94. The summed E-state index contributed by atoms with van der Waals surface area (Å²) in [5.74, 6) is 0. The fourth-order valence-corrected chi connectivity index (χ4v) is 2.58. The molecule has 0 spiro atoms. The molecule has 0 aliphatic heterocycles. The summed E-state index contributed by atoms with van der Waals surface area (Å²) < 4.78 is 0. The average molecular weight is 212 g/mol. The van der Waals surface area contributed by atoms with Crippen LogP contribution in [0.25, 0.3) is 0 Å². The summed E-state index contributed by atoms with van der Waals surface area (Å²) in [4.78, 5) is 5.27. The maximum Gasteiger partial charge on any atom is 0.0794 e. The van der Waals surface area contributed by atoms with E-state index >= 15 is 0 Å². The van der Waals surface area contributed by atoms with Gasteiger partial charge in [-0.05, 0) is 12.8 Å². The zero-order valence-electron chi connectivity index (χ0n) is 8.20. The molecule has 0 radical (unpaired) electrons. The number of aromatic nitrogens is 1. The van der Waals surface area contributed by atoms with E-state index in [-0.39, 0.29) is 12.1 Å². The van der Waals surface area contributed by atoms with E-state index in [9.17, 15) is 5.11 Å². The predicted molar refractivity (Wildman–Crippen MR) is 57.2 cm³/mol. The lowest BCUT2D eigenvalue weighted by Crippen LogP contribution is -2.45. The van der Waals surface area contributed by atoms with Crippen LogP contribution in [0.4, 0.5) is 0 Å². The van der Waals surface area contributed by atoms with Crippen LogP contribution in [0.1, 0.15) is 30.6 Å². The predicted octanol–water partition coefficient (Wildman–Crippen LogP) is 1.54. The first kappa shape index (κ1) is 10.1. The number of nitrogens with one attached hydrogen (secondary N) is 1. The van der Waals surface area contributed by atoms with Gasteiger partial charge >= 0.3 is 0 Å². The molecule has 3 nitrogen and oxygen atoms in total. The minimum absolute atomic E-state index is 0.00993. The van der Waals surface area contributed by atoms with E-state index < -0.39 is 0 Å². The summed E-state index contributed by atoms with van der Waals surface area (Å²) in [6.07, 6.45) is 6.55. The first-order valence-corrected chi connectivity index (χ1v) is 5.96. The van der Waals surface area contributed by atoms with Crippen molar-refractivity contribution in [2.75, 3.05) is 6.61 Å². The van der Waals surface area contributed by atoms with Crippen molar-refractivity contribution < 1.29 is 5.11 Å². The van der Waals surface area contributed by atoms with Crippen molar-refractivity contribution in [2.24, 2.45) is 0 Å². The highest BCUT2D eigenvalue weighted by Crippen LogP contribution is 2.29. The molecule has 1 aromatic heterocycles. The Morgan fingerprint density at radius 3 is 2.86 bits per heavy atom. The lowest BCUT2D eigenvalue weighted by molar-refractivity contribution is 0.163. The number of aliphatic hydroxyl groups excluding tert-OH is 1. The fourth-order valence-electron chi connectivity index (χ4n) is 2.05. The van der Waals surface area contributed by atoms with E-state index in [1.165, 1.54) is 17.7 Å². The van der Waals surface area contributed by atoms with Crippen LogP contribution in [-0.4, -0.2) is 22.2 Å². The molecule has 0 saturated heterocycles. The molecule has 1 aromatic rings. The Morgan fingerprint density at radius 2 is 2.29 bits per heavy atom. The highest BCUT2D eigenvalue weighted by molar-refractivity contribution is 7.09. The van der Waals surface area contributed by atoms with Crippen molar-refractivity contribution >= 4 is 11.3 Å². The summed E-state index contributed by atoms with van der Waals surface area (Å²) in [5.41, 5.74) is 1.83. The van der Waals surface area contributed by atoms with Crippen LogP contribution in [0.15, 0.2) is 11.7 Å². The monoisotopic (exact) mass is 212 g/mol. The van der Waals surface area contributed by atoms with Crippen molar-refractivity contribution in [1.29, 1.82) is 0 Å². The molecule has 0 atom stereocenters. The van der Waals surface area contributed by atoms with E-state index in [0.717, 1.165) is 19.4 Å². The molecule has 0 amide bonds. The summed E-state index contributed by atoms with van der Waals surface area (Å²) >= 11 is 1.66. The molecule has 1 saturated carbocycles. The molecule has 1 heterocycles. The van der Waals surface area contributed by atoms with Crippen molar-refractivity contribution in [3.8, 4) is 0 Å². The minimum Gasteiger partial charge on any atom is -0.394 e. The zero-order chi connectivity index (χ0) is 9.86. The number of hydrogen-bond acceptors (Lipinski definition) is 4. The van der Waals surface area contributed by atoms with Gasteiger partial charge in [-0.3, -0.25) is 4.98 Å². The van der Waals surface area contributed by atoms with Crippen molar-refractivity contribution in [3.63, 3.8) is 0 Å². The highest BCUT2D eigenvalue weighted by Gasteiger charge is 2.32. The van der Waals surface area contributed by atoms with Crippen LogP contribution >= 0.6 is 11.3 Å². The third-order valence-corrected chi connectivity index (χ3v) is 3.76. The van der Waals surface area contributed by atoms with Gasteiger partial charge < -0.3 is 10.4 Å². The van der Waals surface area contributed by atoms with Gasteiger partial charge in [-0.2, -0.15) is 0 Å². The molecule has 1 aliphatic carbocycles. The van der Waals surface area contributed by atoms with Crippen molar-refractivity contribution in [2.45, 2.75) is 37.8 Å². The number of rotatable bonds is 4. The van der Waals surface area contributed by atoms with E-state index in [1.807, 2.05) is 11.7 Å². The largest absolute Gasteiger partial charge is 0.394 e. The van der Waals surface area contributed by atoms with Gasteiger partial charge in [-0.25, -0.2) is 0 Å². The number of aliphatic hydroxyl groups is 1. The maximum absolute atomic E-state index is 9.37. The number of nitrogens with zero attached hydrogens (tertiary/aromatic N) is 1. The van der Waals surface area contributed by atoms with Crippen LogP contribution in [0.2, 0.25) is 0 Å². The maximum atomic E-state index is 9.37. The molecule has 0 unspecified atom stereocenters. The topological polar surface area (TPSA) is 45.1 Å². The molecular weight excluding hydrogens is 196 g/mol. The molecule has 1 fully saturated rings. The average Bonchev–Trinajstić information content (AvgIpc) is 2.87. The van der Waals surface area contributed by atoms with Crippen LogP contribution in [0, 0.1) is 0 Å².